The molecule has 2 rings (SSSR count). The summed E-state index contributed by atoms with van der Waals surface area (Å²) in [5.74, 6) is 1.47. The number of hydrogen-bond donors (Lipinski definition) is 1. The molecule has 0 bridgehead atoms. The molecule has 1 aromatic heterocycles. The number of pyridine rings is 1. The summed E-state index contributed by atoms with van der Waals surface area (Å²) in [6.07, 6.45) is 2.00. The quantitative estimate of drug-likeness (QED) is 0.877. The Hall–Kier alpha value is -0.940. The zero-order chi connectivity index (χ0) is 12.3. The predicted molar refractivity (Wildman–Crippen MR) is 69.6 cm³/mol. The highest BCUT2D eigenvalue weighted by molar-refractivity contribution is 7.85. The molecule has 1 aliphatic rings. The molecule has 1 N–H and O–H groups in total. The Labute approximate surface area is 104 Å². The molecule has 0 aromatic carbocycles. The second-order valence-electron chi connectivity index (χ2n) is 4.20. The van der Waals surface area contributed by atoms with Crippen LogP contribution < -0.4 is 4.90 Å². The van der Waals surface area contributed by atoms with Crippen molar-refractivity contribution in [1.82, 2.24) is 4.98 Å². The average Bonchev–Trinajstić information content (AvgIpc) is 2.39. The van der Waals surface area contributed by atoms with E-state index in [0.29, 0.717) is 6.42 Å². The van der Waals surface area contributed by atoms with Crippen LogP contribution in [0.25, 0.3) is 0 Å². The van der Waals surface area contributed by atoms with Gasteiger partial charge in [-0.05, 0) is 18.6 Å². The average molecular weight is 254 g/mol. The highest BCUT2D eigenvalue weighted by atomic mass is 32.2. The number of nitrogens with zero attached hydrogens (tertiary/aromatic N) is 2. The first-order valence-electron chi connectivity index (χ1n) is 5.94. The van der Waals surface area contributed by atoms with Crippen LogP contribution in [0.5, 0.6) is 0 Å². The van der Waals surface area contributed by atoms with Gasteiger partial charge in [0, 0.05) is 35.4 Å². The van der Waals surface area contributed by atoms with Crippen LogP contribution in [0.15, 0.2) is 18.3 Å². The molecule has 0 amide bonds. The SMILES string of the molecule is CC[C@H](O)c1ccc(N2CCS(=O)CC2)cn1. The molecule has 1 fully saturated rings. The molecular formula is C12H18N2O2S. The molecule has 1 aromatic rings. The minimum Gasteiger partial charge on any atom is -0.387 e. The van der Waals surface area contributed by atoms with Crippen molar-refractivity contribution in [1.29, 1.82) is 0 Å². The molecule has 0 aliphatic carbocycles. The molecular weight excluding hydrogens is 236 g/mol. The third-order valence-electron chi connectivity index (χ3n) is 3.04. The maximum Gasteiger partial charge on any atom is 0.0957 e. The Balaban J connectivity index is 2.05. The van der Waals surface area contributed by atoms with Gasteiger partial charge in [-0.1, -0.05) is 6.92 Å². The lowest BCUT2D eigenvalue weighted by Crippen LogP contribution is -2.37. The van der Waals surface area contributed by atoms with Crippen LogP contribution >= 0.6 is 0 Å². The van der Waals surface area contributed by atoms with Gasteiger partial charge < -0.3 is 10.0 Å². The van der Waals surface area contributed by atoms with E-state index < -0.39 is 16.9 Å². The Morgan fingerprint density at radius 3 is 2.71 bits per heavy atom. The normalized spacial score (nSPS) is 19.3. The molecule has 1 saturated heterocycles. The summed E-state index contributed by atoms with van der Waals surface area (Å²) in [5.41, 5.74) is 1.77. The lowest BCUT2D eigenvalue weighted by Gasteiger charge is -2.28. The highest BCUT2D eigenvalue weighted by Crippen LogP contribution is 2.19. The topological polar surface area (TPSA) is 53.4 Å². The first-order valence-corrected chi connectivity index (χ1v) is 7.43. The van der Waals surface area contributed by atoms with Crippen LogP contribution in [0.4, 0.5) is 5.69 Å². The van der Waals surface area contributed by atoms with Gasteiger partial charge in [0.1, 0.15) is 0 Å². The standard InChI is InChI=1S/C12H18N2O2S/c1-2-12(15)11-4-3-10(9-13-11)14-5-7-17(16)8-6-14/h3-4,9,12,15H,2,5-8H2,1H3/t12-/m0/s1. The van der Waals surface area contributed by atoms with E-state index >= 15 is 0 Å². The number of rotatable bonds is 3. The first-order chi connectivity index (χ1) is 8.20. The lowest BCUT2D eigenvalue weighted by atomic mass is 10.2. The fraction of sp³-hybridized carbons (Fsp3) is 0.583. The second kappa shape index (κ2) is 5.60. The summed E-state index contributed by atoms with van der Waals surface area (Å²) in [6.45, 7) is 3.58. The number of aromatic nitrogens is 1. The van der Waals surface area contributed by atoms with E-state index in [1.165, 1.54) is 0 Å². The van der Waals surface area contributed by atoms with Gasteiger partial charge in [0.25, 0.3) is 0 Å². The molecule has 0 saturated carbocycles. The fourth-order valence-corrected chi connectivity index (χ4v) is 2.94. The first kappa shape index (κ1) is 12.5. The van der Waals surface area contributed by atoms with Crippen LogP contribution in [-0.2, 0) is 10.8 Å². The van der Waals surface area contributed by atoms with E-state index in [4.69, 9.17) is 0 Å². The predicted octanol–water partition coefficient (Wildman–Crippen LogP) is 1.09. The number of aliphatic hydroxyl groups is 1. The summed E-state index contributed by atoms with van der Waals surface area (Å²) in [5, 5.41) is 9.65. The van der Waals surface area contributed by atoms with Crippen LogP contribution in [0, 0.1) is 0 Å². The molecule has 0 radical (unpaired) electrons. The molecule has 17 heavy (non-hydrogen) atoms. The Bertz CT molecular complexity index is 384. The second-order valence-corrected chi connectivity index (χ2v) is 5.90. The monoisotopic (exact) mass is 254 g/mol. The summed E-state index contributed by atoms with van der Waals surface area (Å²) >= 11 is 0. The Morgan fingerprint density at radius 1 is 1.47 bits per heavy atom. The van der Waals surface area contributed by atoms with Crippen molar-refractivity contribution in [2.75, 3.05) is 29.5 Å². The van der Waals surface area contributed by atoms with E-state index in [1.807, 2.05) is 19.1 Å². The van der Waals surface area contributed by atoms with E-state index in [1.54, 1.807) is 6.20 Å². The fourth-order valence-electron chi connectivity index (χ4n) is 1.89. The molecule has 2 heterocycles. The van der Waals surface area contributed by atoms with E-state index in [-0.39, 0.29) is 0 Å². The van der Waals surface area contributed by atoms with Gasteiger partial charge in [-0.2, -0.15) is 0 Å². The number of hydrogen-bond acceptors (Lipinski definition) is 4. The van der Waals surface area contributed by atoms with Gasteiger partial charge >= 0.3 is 0 Å². The van der Waals surface area contributed by atoms with Crippen LogP contribution in [0.1, 0.15) is 25.1 Å². The lowest BCUT2D eigenvalue weighted by molar-refractivity contribution is 0.169. The molecule has 1 aliphatic heterocycles. The molecule has 4 nitrogen and oxygen atoms in total. The summed E-state index contributed by atoms with van der Waals surface area (Å²) in [4.78, 5) is 6.47. The van der Waals surface area contributed by atoms with Gasteiger partial charge in [-0.3, -0.25) is 9.19 Å². The summed E-state index contributed by atoms with van der Waals surface area (Å²) < 4.78 is 11.3. The minimum atomic E-state index is -0.650. The van der Waals surface area contributed by atoms with Crippen molar-refractivity contribution >= 4 is 16.5 Å². The molecule has 5 heteroatoms. The maximum absolute atomic E-state index is 11.3. The largest absolute Gasteiger partial charge is 0.387 e. The van der Waals surface area contributed by atoms with Gasteiger partial charge in [0.15, 0.2) is 0 Å². The molecule has 94 valence electrons. The van der Waals surface area contributed by atoms with Gasteiger partial charge in [-0.15, -0.1) is 0 Å². The van der Waals surface area contributed by atoms with E-state index in [9.17, 15) is 9.32 Å². The van der Waals surface area contributed by atoms with Crippen LogP contribution in [0.2, 0.25) is 0 Å². The summed E-state index contributed by atoms with van der Waals surface area (Å²) in [6, 6.07) is 3.85. The van der Waals surface area contributed by atoms with Crippen molar-refractivity contribution in [3.8, 4) is 0 Å². The van der Waals surface area contributed by atoms with Gasteiger partial charge in [-0.25, -0.2) is 0 Å². The third kappa shape index (κ3) is 3.04. The highest BCUT2D eigenvalue weighted by Gasteiger charge is 2.16. The smallest absolute Gasteiger partial charge is 0.0957 e. The van der Waals surface area contributed by atoms with Gasteiger partial charge in [0.05, 0.1) is 23.7 Å². The van der Waals surface area contributed by atoms with Crippen molar-refractivity contribution in [2.45, 2.75) is 19.4 Å². The Morgan fingerprint density at radius 2 is 2.18 bits per heavy atom. The number of aliphatic hydroxyl groups excluding tert-OH is 1. The molecule has 0 spiro atoms. The van der Waals surface area contributed by atoms with Crippen molar-refractivity contribution in [3.63, 3.8) is 0 Å². The minimum absolute atomic E-state index is 0.474. The van der Waals surface area contributed by atoms with Crippen molar-refractivity contribution in [2.24, 2.45) is 0 Å². The van der Waals surface area contributed by atoms with Gasteiger partial charge in [0.2, 0.25) is 0 Å². The van der Waals surface area contributed by atoms with Crippen LogP contribution in [0.3, 0.4) is 0 Å². The van der Waals surface area contributed by atoms with Crippen molar-refractivity contribution in [3.05, 3.63) is 24.0 Å². The van der Waals surface area contributed by atoms with Crippen molar-refractivity contribution < 1.29 is 9.32 Å². The zero-order valence-electron chi connectivity index (χ0n) is 10.0. The van der Waals surface area contributed by atoms with Crippen LogP contribution in [-0.4, -0.2) is 38.9 Å². The molecule has 1 atom stereocenters. The number of anilines is 1. The maximum atomic E-state index is 11.3. The Kier molecular flexibility index (Phi) is 4.12. The summed E-state index contributed by atoms with van der Waals surface area (Å²) in [7, 11) is -0.650. The van der Waals surface area contributed by atoms with E-state index in [2.05, 4.69) is 9.88 Å². The third-order valence-corrected chi connectivity index (χ3v) is 4.32. The zero-order valence-corrected chi connectivity index (χ0v) is 10.8. The molecule has 0 unspecified atom stereocenters. The van der Waals surface area contributed by atoms with E-state index in [0.717, 1.165) is 36.0 Å².